The molecule has 1 atom stereocenters. The molecular formula is C16H20N2O6. The van der Waals surface area contributed by atoms with E-state index in [-0.39, 0.29) is 13.3 Å². The van der Waals surface area contributed by atoms with E-state index in [0.29, 0.717) is 13.2 Å². The summed E-state index contributed by atoms with van der Waals surface area (Å²) in [6.45, 7) is 0.919. The Morgan fingerprint density at radius 1 is 1.33 bits per heavy atom. The molecule has 0 radical (unpaired) electrons. The van der Waals surface area contributed by atoms with Gasteiger partial charge in [0.05, 0.1) is 13.0 Å². The van der Waals surface area contributed by atoms with Gasteiger partial charge in [-0.15, -0.1) is 0 Å². The second kappa shape index (κ2) is 8.30. The average Bonchev–Trinajstić information content (AvgIpc) is 3.11. The molecule has 1 N–H and O–H groups in total. The Labute approximate surface area is 139 Å². The van der Waals surface area contributed by atoms with Gasteiger partial charge in [-0.05, 0) is 5.56 Å². The molecule has 1 unspecified atom stereocenters. The summed E-state index contributed by atoms with van der Waals surface area (Å²) in [5.74, 6) is -1.63. The predicted octanol–water partition coefficient (Wildman–Crippen LogP) is 0.915. The van der Waals surface area contributed by atoms with Crippen LogP contribution in [0.5, 0.6) is 0 Å². The van der Waals surface area contributed by atoms with Crippen LogP contribution in [0.25, 0.3) is 0 Å². The molecule has 2 amide bonds. The number of carboxylic acid groups (broad SMARTS) is 1. The van der Waals surface area contributed by atoms with E-state index in [2.05, 4.69) is 0 Å². The van der Waals surface area contributed by atoms with E-state index in [1.165, 1.54) is 11.9 Å². The maximum Gasteiger partial charge on any atom is 0.410 e. The number of amides is 2. The van der Waals surface area contributed by atoms with Gasteiger partial charge in [-0.25, -0.2) is 4.79 Å². The molecule has 1 aromatic rings. The number of carboxylic acids is 1. The molecule has 1 aromatic carbocycles. The summed E-state index contributed by atoms with van der Waals surface area (Å²) in [4.78, 5) is 38.1. The second-order valence-corrected chi connectivity index (χ2v) is 5.40. The molecule has 0 aromatic heterocycles. The number of carbonyl (C=O) groups is 3. The van der Waals surface area contributed by atoms with E-state index in [9.17, 15) is 14.4 Å². The first-order valence-corrected chi connectivity index (χ1v) is 7.51. The molecule has 0 bridgehead atoms. The summed E-state index contributed by atoms with van der Waals surface area (Å²) >= 11 is 0. The number of aliphatic carboxylic acids is 1. The molecule has 1 aliphatic heterocycles. The van der Waals surface area contributed by atoms with Crippen LogP contribution in [0, 0.1) is 0 Å². The number of nitrogens with zero attached hydrogens (tertiary/aromatic N) is 2. The summed E-state index contributed by atoms with van der Waals surface area (Å²) in [6, 6.07) is 7.95. The van der Waals surface area contributed by atoms with Crippen LogP contribution < -0.4 is 0 Å². The minimum atomic E-state index is -1.17. The fourth-order valence-electron chi connectivity index (χ4n) is 2.30. The zero-order chi connectivity index (χ0) is 17.5. The quantitative estimate of drug-likeness (QED) is 0.830. The van der Waals surface area contributed by atoms with Crippen LogP contribution in [0.15, 0.2) is 30.3 Å². The second-order valence-electron chi connectivity index (χ2n) is 5.40. The first-order valence-electron chi connectivity index (χ1n) is 7.51. The largest absolute Gasteiger partial charge is 0.481 e. The van der Waals surface area contributed by atoms with E-state index >= 15 is 0 Å². The van der Waals surface area contributed by atoms with E-state index in [0.717, 1.165) is 10.5 Å². The molecule has 24 heavy (non-hydrogen) atoms. The van der Waals surface area contributed by atoms with E-state index in [4.69, 9.17) is 14.6 Å². The molecular weight excluding hydrogens is 316 g/mol. The van der Waals surface area contributed by atoms with E-state index in [1.54, 1.807) is 12.1 Å². The Bertz CT molecular complexity index is 585. The van der Waals surface area contributed by atoms with Crippen LogP contribution in [0.1, 0.15) is 12.0 Å². The van der Waals surface area contributed by atoms with Crippen LogP contribution in [-0.2, 0) is 25.7 Å². The lowest BCUT2D eigenvalue weighted by Gasteiger charge is -2.28. The Kier molecular flexibility index (Phi) is 6.14. The third kappa shape index (κ3) is 4.69. The van der Waals surface area contributed by atoms with Crippen molar-refractivity contribution in [1.82, 2.24) is 9.80 Å². The minimum absolute atomic E-state index is 0.0464. The highest BCUT2D eigenvalue weighted by molar-refractivity contribution is 5.89. The van der Waals surface area contributed by atoms with Crippen molar-refractivity contribution in [2.45, 2.75) is 19.1 Å². The van der Waals surface area contributed by atoms with Gasteiger partial charge in [0.1, 0.15) is 19.4 Å². The van der Waals surface area contributed by atoms with Gasteiger partial charge in [-0.3, -0.25) is 14.5 Å². The molecule has 1 heterocycles. The molecule has 0 spiro atoms. The lowest BCUT2D eigenvalue weighted by Crippen LogP contribution is -2.49. The van der Waals surface area contributed by atoms with Gasteiger partial charge in [0.2, 0.25) is 5.91 Å². The zero-order valence-electron chi connectivity index (χ0n) is 13.4. The van der Waals surface area contributed by atoms with Gasteiger partial charge in [0.25, 0.3) is 0 Å². The number of hydrogen-bond donors (Lipinski definition) is 1. The van der Waals surface area contributed by atoms with Crippen molar-refractivity contribution < 1.29 is 29.0 Å². The number of hydrogen-bond acceptors (Lipinski definition) is 5. The zero-order valence-corrected chi connectivity index (χ0v) is 13.4. The lowest BCUT2D eigenvalue weighted by atomic mass is 10.1. The number of rotatable bonds is 6. The number of carbonyl (C=O) groups excluding carboxylic acids is 2. The molecule has 0 aliphatic carbocycles. The van der Waals surface area contributed by atoms with E-state index in [1.807, 2.05) is 18.2 Å². The van der Waals surface area contributed by atoms with Crippen molar-refractivity contribution in [1.29, 1.82) is 0 Å². The van der Waals surface area contributed by atoms with Crippen LogP contribution in [0.2, 0.25) is 0 Å². The highest BCUT2D eigenvalue weighted by Gasteiger charge is 2.34. The number of ether oxygens (including phenoxy) is 2. The molecule has 0 saturated carbocycles. The van der Waals surface area contributed by atoms with Crippen LogP contribution in [0.3, 0.4) is 0 Å². The third-order valence-electron chi connectivity index (χ3n) is 3.68. The Morgan fingerprint density at radius 3 is 2.62 bits per heavy atom. The molecule has 130 valence electrons. The number of likely N-dealkylation sites (N-methyl/N-ethyl adjacent to an activating group) is 1. The molecule has 1 aliphatic rings. The van der Waals surface area contributed by atoms with Crippen molar-refractivity contribution in [2.24, 2.45) is 0 Å². The van der Waals surface area contributed by atoms with Gasteiger partial charge < -0.3 is 19.5 Å². The van der Waals surface area contributed by atoms with Crippen LogP contribution in [-0.4, -0.2) is 65.8 Å². The molecule has 8 nitrogen and oxygen atoms in total. The average molecular weight is 336 g/mol. The number of benzene rings is 1. The SMILES string of the molecule is CN(C(=O)OCc1ccccc1)C(CC(=O)O)C(=O)N1CCOC1. The van der Waals surface area contributed by atoms with Crippen molar-refractivity contribution in [3.05, 3.63) is 35.9 Å². The summed E-state index contributed by atoms with van der Waals surface area (Å²) < 4.78 is 10.3. The normalized spacial score (nSPS) is 15.0. The topological polar surface area (TPSA) is 96.4 Å². The van der Waals surface area contributed by atoms with Crippen molar-refractivity contribution in [3.8, 4) is 0 Å². The Balaban J connectivity index is 1.99. The third-order valence-corrected chi connectivity index (χ3v) is 3.68. The van der Waals surface area contributed by atoms with Gasteiger partial charge in [-0.2, -0.15) is 0 Å². The van der Waals surface area contributed by atoms with Crippen LogP contribution >= 0.6 is 0 Å². The van der Waals surface area contributed by atoms with Crippen LogP contribution in [0.4, 0.5) is 4.79 Å². The molecule has 1 saturated heterocycles. The minimum Gasteiger partial charge on any atom is -0.481 e. The monoisotopic (exact) mass is 336 g/mol. The Morgan fingerprint density at radius 2 is 2.04 bits per heavy atom. The fraction of sp³-hybridized carbons (Fsp3) is 0.438. The highest BCUT2D eigenvalue weighted by Crippen LogP contribution is 2.12. The van der Waals surface area contributed by atoms with Crippen molar-refractivity contribution in [2.75, 3.05) is 26.9 Å². The standard InChI is InChI=1S/C16H20N2O6/c1-17(16(22)24-10-12-5-3-2-4-6-12)13(9-14(19)20)15(21)18-7-8-23-11-18/h2-6,13H,7-11H2,1H3,(H,19,20). The highest BCUT2D eigenvalue weighted by atomic mass is 16.6. The predicted molar refractivity (Wildman–Crippen MR) is 83.0 cm³/mol. The first-order chi connectivity index (χ1) is 11.5. The van der Waals surface area contributed by atoms with Gasteiger partial charge in [-0.1, -0.05) is 30.3 Å². The van der Waals surface area contributed by atoms with Crippen molar-refractivity contribution in [3.63, 3.8) is 0 Å². The summed E-state index contributed by atoms with van der Waals surface area (Å²) in [5.41, 5.74) is 0.799. The smallest absolute Gasteiger partial charge is 0.410 e. The molecule has 8 heteroatoms. The molecule has 1 fully saturated rings. The van der Waals surface area contributed by atoms with E-state index < -0.39 is 30.4 Å². The first kappa shape index (κ1) is 17.7. The molecule has 2 rings (SSSR count). The van der Waals surface area contributed by atoms with Crippen molar-refractivity contribution >= 4 is 18.0 Å². The van der Waals surface area contributed by atoms with Gasteiger partial charge >= 0.3 is 12.1 Å². The fourth-order valence-corrected chi connectivity index (χ4v) is 2.30. The maximum absolute atomic E-state index is 12.4. The lowest BCUT2D eigenvalue weighted by molar-refractivity contribution is -0.145. The summed E-state index contributed by atoms with van der Waals surface area (Å²) in [7, 11) is 1.36. The maximum atomic E-state index is 12.4. The van der Waals surface area contributed by atoms with Gasteiger partial charge in [0.15, 0.2) is 0 Å². The summed E-state index contributed by atoms with van der Waals surface area (Å²) in [6.07, 6.45) is -1.25. The Hall–Kier alpha value is -2.61. The van der Waals surface area contributed by atoms with Gasteiger partial charge in [0, 0.05) is 13.6 Å². The summed E-state index contributed by atoms with van der Waals surface area (Å²) in [5, 5.41) is 9.03.